The molecule has 0 saturated carbocycles. The molecular weight excluding hydrogens is 286 g/mol. The van der Waals surface area contributed by atoms with Crippen LogP contribution in [0.3, 0.4) is 0 Å². The van der Waals surface area contributed by atoms with Gasteiger partial charge in [0.05, 0.1) is 12.7 Å². The van der Waals surface area contributed by atoms with E-state index in [2.05, 4.69) is 11.8 Å². The van der Waals surface area contributed by atoms with Crippen molar-refractivity contribution in [2.24, 2.45) is 0 Å². The van der Waals surface area contributed by atoms with Crippen molar-refractivity contribution in [3.05, 3.63) is 29.3 Å². The Morgan fingerprint density at radius 3 is 3.05 bits per heavy atom. The van der Waals surface area contributed by atoms with Gasteiger partial charge in [-0.2, -0.15) is 11.8 Å². The Balaban J connectivity index is 2.24. The van der Waals surface area contributed by atoms with Gasteiger partial charge in [-0.15, -0.1) is 0 Å². The summed E-state index contributed by atoms with van der Waals surface area (Å²) < 4.78 is 5.23. The van der Waals surface area contributed by atoms with Gasteiger partial charge in [-0.25, -0.2) is 0 Å². The number of hydrogen-bond donors (Lipinski definition) is 1. The fourth-order valence-corrected chi connectivity index (χ4v) is 3.09. The highest BCUT2D eigenvalue weighted by Crippen LogP contribution is 2.21. The van der Waals surface area contributed by atoms with E-state index in [1.54, 1.807) is 25.3 Å². The zero-order chi connectivity index (χ0) is 15.1. The monoisotopic (exact) mass is 305 g/mol. The van der Waals surface area contributed by atoms with Crippen molar-refractivity contribution in [1.29, 1.82) is 0 Å². The van der Waals surface area contributed by atoms with E-state index >= 15 is 0 Å². The van der Waals surface area contributed by atoms with Crippen molar-refractivity contribution >= 4 is 17.7 Å². The first-order valence-corrected chi connectivity index (χ1v) is 8.06. The maximum absolute atomic E-state index is 12.6. The van der Waals surface area contributed by atoms with Gasteiger partial charge in [0.25, 0.3) is 5.91 Å². The number of hydrogen-bond acceptors (Lipinski definition) is 4. The Morgan fingerprint density at radius 1 is 1.43 bits per heavy atom. The molecule has 21 heavy (non-hydrogen) atoms. The molecule has 1 fully saturated rings. The topological polar surface area (TPSA) is 49.8 Å². The normalized spacial score (nSPS) is 14.9. The largest absolute Gasteiger partial charge is 0.495 e. The summed E-state index contributed by atoms with van der Waals surface area (Å²) >= 11 is 1.89. The standard InChI is InChI=1S/C16H19NO3S/c1-20-15-6-5-14(12-13(15)4-2-9-18)16(19)17-7-3-10-21-11-8-17/h5-6,12,18H,3,7-11H2,1H3. The van der Waals surface area contributed by atoms with Crippen molar-refractivity contribution in [2.45, 2.75) is 6.42 Å². The van der Waals surface area contributed by atoms with E-state index in [9.17, 15) is 4.79 Å². The minimum Gasteiger partial charge on any atom is -0.495 e. The number of carbonyl (C=O) groups excluding carboxylic acids is 1. The van der Waals surface area contributed by atoms with E-state index in [0.29, 0.717) is 16.9 Å². The third-order valence-electron chi connectivity index (χ3n) is 3.26. The quantitative estimate of drug-likeness (QED) is 0.844. The molecule has 1 aliphatic heterocycles. The van der Waals surface area contributed by atoms with Gasteiger partial charge in [0.1, 0.15) is 12.4 Å². The van der Waals surface area contributed by atoms with Gasteiger partial charge in [0.2, 0.25) is 0 Å². The van der Waals surface area contributed by atoms with Gasteiger partial charge >= 0.3 is 0 Å². The Kier molecular flexibility index (Phi) is 5.97. The van der Waals surface area contributed by atoms with E-state index in [1.807, 2.05) is 16.7 Å². The molecule has 1 aromatic carbocycles. The van der Waals surface area contributed by atoms with Gasteiger partial charge in [-0.3, -0.25) is 4.79 Å². The molecule has 1 heterocycles. The lowest BCUT2D eigenvalue weighted by Gasteiger charge is -2.20. The van der Waals surface area contributed by atoms with E-state index in [-0.39, 0.29) is 12.5 Å². The van der Waals surface area contributed by atoms with Crippen molar-refractivity contribution in [2.75, 3.05) is 38.3 Å². The van der Waals surface area contributed by atoms with Crippen molar-refractivity contribution < 1.29 is 14.6 Å². The molecule has 0 unspecified atom stereocenters. The lowest BCUT2D eigenvalue weighted by molar-refractivity contribution is 0.0768. The first-order chi connectivity index (χ1) is 10.3. The summed E-state index contributed by atoms with van der Waals surface area (Å²) in [5, 5.41) is 8.81. The molecule has 0 spiro atoms. The summed E-state index contributed by atoms with van der Waals surface area (Å²) in [4.78, 5) is 14.5. The molecule has 5 heteroatoms. The zero-order valence-corrected chi connectivity index (χ0v) is 12.9. The van der Waals surface area contributed by atoms with Crippen LogP contribution < -0.4 is 4.74 Å². The molecule has 1 aliphatic rings. The van der Waals surface area contributed by atoms with Gasteiger partial charge in [0.15, 0.2) is 0 Å². The lowest BCUT2D eigenvalue weighted by Crippen LogP contribution is -2.32. The number of aliphatic hydroxyl groups is 1. The Morgan fingerprint density at radius 2 is 2.29 bits per heavy atom. The minimum absolute atomic E-state index is 0.0344. The average Bonchev–Trinajstić information content (AvgIpc) is 2.81. The molecule has 0 aliphatic carbocycles. The fourth-order valence-electron chi connectivity index (χ4n) is 2.21. The summed E-state index contributed by atoms with van der Waals surface area (Å²) in [5.74, 6) is 8.16. The van der Waals surface area contributed by atoms with Crippen LogP contribution >= 0.6 is 11.8 Å². The predicted molar refractivity (Wildman–Crippen MR) is 84.8 cm³/mol. The van der Waals surface area contributed by atoms with Gasteiger partial charge in [0, 0.05) is 24.4 Å². The summed E-state index contributed by atoms with van der Waals surface area (Å²) in [6.07, 6.45) is 1.03. The van der Waals surface area contributed by atoms with Crippen LogP contribution in [0, 0.1) is 11.8 Å². The molecule has 0 atom stereocenters. The maximum atomic E-state index is 12.6. The number of thioether (sulfide) groups is 1. The number of nitrogens with zero attached hydrogens (tertiary/aromatic N) is 1. The van der Waals surface area contributed by atoms with Crippen LogP contribution in [0.2, 0.25) is 0 Å². The Labute approximate surface area is 129 Å². The number of ether oxygens (including phenoxy) is 1. The minimum atomic E-state index is -0.218. The number of aliphatic hydroxyl groups excluding tert-OH is 1. The fraction of sp³-hybridized carbons (Fsp3) is 0.438. The van der Waals surface area contributed by atoms with Crippen LogP contribution in [0.4, 0.5) is 0 Å². The van der Waals surface area contributed by atoms with Crippen molar-refractivity contribution in [1.82, 2.24) is 4.90 Å². The van der Waals surface area contributed by atoms with Crippen LogP contribution in [0.5, 0.6) is 5.75 Å². The molecule has 2 rings (SSSR count). The molecule has 4 nitrogen and oxygen atoms in total. The third-order valence-corrected chi connectivity index (χ3v) is 4.31. The first-order valence-electron chi connectivity index (χ1n) is 6.91. The highest BCUT2D eigenvalue weighted by molar-refractivity contribution is 7.99. The molecule has 1 saturated heterocycles. The predicted octanol–water partition coefficient (Wildman–Crippen LogP) is 1.62. The number of amides is 1. The Bertz CT molecular complexity index is 554. The molecule has 0 aromatic heterocycles. The Hall–Kier alpha value is -1.64. The molecule has 1 amide bonds. The van der Waals surface area contributed by atoms with Gasteiger partial charge < -0.3 is 14.7 Å². The smallest absolute Gasteiger partial charge is 0.253 e. The summed E-state index contributed by atoms with van der Waals surface area (Å²) in [5.41, 5.74) is 1.24. The second kappa shape index (κ2) is 7.96. The van der Waals surface area contributed by atoms with E-state index < -0.39 is 0 Å². The molecule has 0 radical (unpaired) electrons. The second-order valence-electron chi connectivity index (χ2n) is 4.63. The van der Waals surface area contributed by atoms with E-state index in [4.69, 9.17) is 9.84 Å². The first kappa shape index (κ1) is 15.7. The second-order valence-corrected chi connectivity index (χ2v) is 5.86. The third kappa shape index (κ3) is 4.16. The SMILES string of the molecule is COc1ccc(C(=O)N2CCCSCC2)cc1C#CCO. The lowest BCUT2D eigenvalue weighted by atomic mass is 10.1. The molecule has 112 valence electrons. The maximum Gasteiger partial charge on any atom is 0.253 e. The summed E-state index contributed by atoms with van der Waals surface area (Å²) in [7, 11) is 1.56. The summed E-state index contributed by atoms with van der Waals surface area (Å²) in [6.45, 7) is 1.37. The van der Waals surface area contributed by atoms with Gasteiger partial charge in [-0.1, -0.05) is 11.8 Å². The molecule has 1 aromatic rings. The number of methoxy groups -OCH3 is 1. The highest BCUT2D eigenvalue weighted by Gasteiger charge is 2.18. The van der Waals surface area contributed by atoms with E-state index in [1.165, 1.54) is 0 Å². The van der Waals surface area contributed by atoms with Crippen LogP contribution in [-0.2, 0) is 0 Å². The highest BCUT2D eigenvalue weighted by atomic mass is 32.2. The number of carbonyl (C=O) groups is 1. The van der Waals surface area contributed by atoms with E-state index in [0.717, 1.165) is 31.0 Å². The summed E-state index contributed by atoms with van der Waals surface area (Å²) in [6, 6.07) is 5.26. The average molecular weight is 305 g/mol. The number of rotatable bonds is 2. The van der Waals surface area contributed by atoms with Gasteiger partial charge in [-0.05, 0) is 30.4 Å². The molecule has 1 N–H and O–H groups in total. The number of benzene rings is 1. The van der Waals surface area contributed by atoms with Crippen LogP contribution in [0.15, 0.2) is 18.2 Å². The van der Waals surface area contributed by atoms with Crippen LogP contribution in [0.1, 0.15) is 22.3 Å². The molecular formula is C16H19NO3S. The van der Waals surface area contributed by atoms with Crippen LogP contribution in [0.25, 0.3) is 0 Å². The van der Waals surface area contributed by atoms with Crippen molar-refractivity contribution in [3.63, 3.8) is 0 Å². The molecule has 0 bridgehead atoms. The zero-order valence-electron chi connectivity index (χ0n) is 12.1. The van der Waals surface area contributed by atoms with Crippen LogP contribution in [-0.4, -0.2) is 54.2 Å². The van der Waals surface area contributed by atoms with Crippen molar-refractivity contribution in [3.8, 4) is 17.6 Å².